The first kappa shape index (κ1) is 11.2. The van der Waals surface area contributed by atoms with Crippen LogP contribution in [0, 0.1) is 5.82 Å². The van der Waals surface area contributed by atoms with E-state index in [1.54, 1.807) is 18.2 Å². The van der Waals surface area contributed by atoms with Crippen molar-refractivity contribution < 1.29 is 9.50 Å². The Kier molecular flexibility index (Phi) is 3.03. The van der Waals surface area contributed by atoms with Crippen LogP contribution in [0.15, 0.2) is 36.4 Å². The lowest BCUT2D eigenvalue weighted by atomic mass is 10.1. The fraction of sp³-hybridized carbons (Fsp3) is 0. The number of rotatable bonds is 1. The predicted octanol–water partition coefficient (Wildman–Crippen LogP) is 4.51. The van der Waals surface area contributed by atoms with Gasteiger partial charge in [-0.15, -0.1) is 0 Å². The molecule has 0 atom stereocenters. The van der Waals surface area contributed by atoms with Crippen molar-refractivity contribution in [2.45, 2.75) is 0 Å². The molecule has 2 aromatic rings. The van der Waals surface area contributed by atoms with Crippen LogP contribution in [0.25, 0.3) is 11.1 Å². The van der Waals surface area contributed by atoms with Crippen LogP contribution in [0.2, 0.25) is 10.0 Å². The average Bonchev–Trinajstić information content (AvgIpc) is 2.19. The Morgan fingerprint density at radius 3 is 2.25 bits per heavy atom. The molecule has 16 heavy (non-hydrogen) atoms. The van der Waals surface area contributed by atoms with Gasteiger partial charge in [-0.25, -0.2) is 4.39 Å². The van der Waals surface area contributed by atoms with Gasteiger partial charge in [-0.2, -0.15) is 0 Å². The van der Waals surface area contributed by atoms with Crippen molar-refractivity contribution >= 4 is 23.2 Å². The second-order valence-corrected chi connectivity index (χ2v) is 4.13. The van der Waals surface area contributed by atoms with E-state index in [2.05, 4.69) is 0 Å². The first-order chi connectivity index (χ1) is 7.58. The average molecular weight is 257 g/mol. The molecule has 2 rings (SSSR count). The van der Waals surface area contributed by atoms with Gasteiger partial charge in [-0.3, -0.25) is 0 Å². The van der Waals surface area contributed by atoms with E-state index >= 15 is 0 Å². The van der Waals surface area contributed by atoms with Gasteiger partial charge in [0.2, 0.25) is 0 Å². The third-order valence-electron chi connectivity index (χ3n) is 2.17. The summed E-state index contributed by atoms with van der Waals surface area (Å²) >= 11 is 11.7. The van der Waals surface area contributed by atoms with Crippen molar-refractivity contribution in [2.24, 2.45) is 0 Å². The van der Waals surface area contributed by atoms with E-state index in [1.165, 1.54) is 12.1 Å². The van der Waals surface area contributed by atoms with Crippen LogP contribution in [0.4, 0.5) is 4.39 Å². The molecule has 0 aliphatic heterocycles. The van der Waals surface area contributed by atoms with E-state index in [0.29, 0.717) is 21.2 Å². The monoisotopic (exact) mass is 256 g/mol. The quantitative estimate of drug-likeness (QED) is 0.797. The van der Waals surface area contributed by atoms with E-state index < -0.39 is 5.82 Å². The van der Waals surface area contributed by atoms with E-state index in [9.17, 15) is 4.39 Å². The van der Waals surface area contributed by atoms with Gasteiger partial charge in [-0.05, 0) is 24.3 Å². The largest absolute Gasteiger partial charge is 0.508 e. The summed E-state index contributed by atoms with van der Waals surface area (Å²) in [5.74, 6) is -0.643. The summed E-state index contributed by atoms with van der Waals surface area (Å²) in [6.45, 7) is 0. The molecule has 1 N–H and O–H groups in total. The zero-order valence-corrected chi connectivity index (χ0v) is 9.56. The van der Waals surface area contributed by atoms with Crippen LogP contribution < -0.4 is 0 Å². The topological polar surface area (TPSA) is 20.2 Å². The summed E-state index contributed by atoms with van der Waals surface area (Å²) < 4.78 is 13.6. The van der Waals surface area contributed by atoms with Gasteiger partial charge in [0, 0.05) is 27.2 Å². The minimum atomic E-state index is -0.524. The molecule has 2 aromatic carbocycles. The Morgan fingerprint density at radius 2 is 1.62 bits per heavy atom. The highest BCUT2D eigenvalue weighted by Gasteiger charge is 2.09. The number of phenolic OH excluding ortho intramolecular Hbond substituents is 1. The lowest BCUT2D eigenvalue weighted by Gasteiger charge is -2.06. The van der Waals surface area contributed by atoms with E-state index in [0.717, 1.165) is 6.07 Å². The number of benzene rings is 2. The lowest BCUT2D eigenvalue weighted by Crippen LogP contribution is -1.85. The molecule has 1 nitrogen and oxygen atoms in total. The van der Waals surface area contributed by atoms with Crippen molar-refractivity contribution in [3.8, 4) is 16.9 Å². The van der Waals surface area contributed by atoms with Crippen molar-refractivity contribution in [1.29, 1.82) is 0 Å². The van der Waals surface area contributed by atoms with Gasteiger partial charge in [0.1, 0.15) is 11.6 Å². The molecule has 0 bridgehead atoms. The first-order valence-corrected chi connectivity index (χ1v) is 5.27. The second-order valence-electron chi connectivity index (χ2n) is 3.29. The Morgan fingerprint density at radius 1 is 0.938 bits per heavy atom. The van der Waals surface area contributed by atoms with Crippen molar-refractivity contribution in [3.63, 3.8) is 0 Å². The summed E-state index contributed by atoms with van der Waals surface area (Å²) in [4.78, 5) is 0. The van der Waals surface area contributed by atoms with Crippen molar-refractivity contribution in [3.05, 3.63) is 52.3 Å². The summed E-state index contributed by atoms with van der Waals surface area (Å²) in [5.41, 5.74) is 0.878. The highest BCUT2D eigenvalue weighted by atomic mass is 35.5. The maximum atomic E-state index is 13.6. The highest BCUT2D eigenvalue weighted by Crippen LogP contribution is 2.33. The van der Waals surface area contributed by atoms with Gasteiger partial charge >= 0.3 is 0 Å². The Bertz CT molecular complexity index is 491. The third-order valence-corrected chi connectivity index (χ3v) is 2.72. The van der Waals surface area contributed by atoms with Crippen LogP contribution in [0.1, 0.15) is 0 Å². The van der Waals surface area contributed by atoms with Gasteiger partial charge in [0.25, 0.3) is 0 Å². The molecule has 0 aromatic heterocycles. The number of hydrogen-bond donors (Lipinski definition) is 1. The fourth-order valence-electron chi connectivity index (χ4n) is 1.43. The normalized spacial score (nSPS) is 10.4. The van der Waals surface area contributed by atoms with Gasteiger partial charge < -0.3 is 5.11 Å². The molecule has 0 fully saturated rings. The predicted molar refractivity (Wildman–Crippen MR) is 63.5 cm³/mol. The summed E-state index contributed by atoms with van der Waals surface area (Å²) in [7, 11) is 0. The molecule has 0 saturated carbocycles. The molecule has 0 unspecified atom stereocenters. The summed E-state index contributed by atoms with van der Waals surface area (Å²) in [6, 6.07) is 8.74. The van der Waals surface area contributed by atoms with Crippen LogP contribution in [-0.4, -0.2) is 5.11 Å². The number of phenols is 1. The SMILES string of the molecule is Oc1ccc(-c2ccc(Cl)cc2Cl)c(F)c1. The molecule has 0 aliphatic rings. The second kappa shape index (κ2) is 4.32. The Labute approximate surface area is 102 Å². The molecule has 82 valence electrons. The zero-order valence-electron chi connectivity index (χ0n) is 8.05. The summed E-state index contributed by atoms with van der Waals surface area (Å²) in [5, 5.41) is 9.97. The molecule has 0 aliphatic carbocycles. The molecular weight excluding hydrogens is 250 g/mol. The molecule has 0 heterocycles. The molecule has 4 heteroatoms. The zero-order chi connectivity index (χ0) is 11.7. The number of halogens is 3. The minimum Gasteiger partial charge on any atom is -0.508 e. The maximum absolute atomic E-state index is 13.6. The molecule has 0 amide bonds. The number of aromatic hydroxyl groups is 1. The molecule has 0 radical (unpaired) electrons. The van der Waals surface area contributed by atoms with Crippen LogP contribution in [0.3, 0.4) is 0 Å². The molecular formula is C12H7Cl2FO. The molecule has 0 spiro atoms. The van der Waals surface area contributed by atoms with Crippen molar-refractivity contribution in [1.82, 2.24) is 0 Å². The number of hydrogen-bond acceptors (Lipinski definition) is 1. The standard InChI is InChI=1S/C12H7Cl2FO/c13-7-1-3-9(11(14)5-7)10-4-2-8(16)6-12(10)15/h1-6,16H. The van der Waals surface area contributed by atoms with Crippen LogP contribution >= 0.6 is 23.2 Å². The maximum Gasteiger partial charge on any atom is 0.134 e. The molecule has 0 saturated heterocycles. The van der Waals surface area contributed by atoms with Gasteiger partial charge in [0.15, 0.2) is 0 Å². The van der Waals surface area contributed by atoms with Crippen LogP contribution in [-0.2, 0) is 0 Å². The highest BCUT2D eigenvalue weighted by molar-refractivity contribution is 6.36. The smallest absolute Gasteiger partial charge is 0.134 e. The van der Waals surface area contributed by atoms with Crippen LogP contribution in [0.5, 0.6) is 5.75 Å². The minimum absolute atomic E-state index is 0.119. The van der Waals surface area contributed by atoms with Crippen molar-refractivity contribution in [2.75, 3.05) is 0 Å². The fourth-order valence-corrected chi connectivity index (χ4v) is 1.94. The van der Waals surface area contributed by atoms with E-state index in [-0.39, 0.29) is 5.75 Å². The van der Waals surface area contributed by atoms with Gasteiger partial charge in [-0.1, -0.05) is 29.3 Å². The van der Waals surface area contributed by atoms with Gasteiger partial charge in [0.05, 0.1) is 0 Å². The van der Waals surface area contributed by atoms with E-state index in [4.69, 9.17) is 28.3 Å². The Hall–Kier alpha value is -1.25. The summed E-state index contributed by atoms with van der Waals surface area (Å²) in [6.07, 6.45) is 0. The van der Waals surface area contributed by atoms with E-state index in [1.807, 2.05) is 0 Å². The first-order valence-electron chi connectivity index (χ1n) is 4.52. The lowest BCUT2D eigenvalue weighted by molar-refractivity contribution is 0.469. The Balaban J connectivity index is 2.59. The third kappa shape index (κ3) is 2.13.